The largest absolute Gasteiger partial charge is 0.389 e. The molecule has 3 rings (SSSR count). The van der Waals surface area contributed by atoms with Crippen molar-refractivity contribution in [3.63, 3.8) is 0 Å². The smallest absolute Gasteiger partial charge is 0.252 e. The molecular weight excluding hydrogens is 254 g/mol. The van der Waals surface area contributed by atoms with E-state index < -0.39 is 6.10 Å². The molecule has 2 atom stereocenters. The molecule has 4 heteroatoms. The number of hydrogen-bond acceptors (Lipinski definition) is 3. The molecule has 0 aliphatic carbocycles. The van der Waals surface area contributed by atoms with Crippen LogP contribution >= 0.6 is 0 Å². The van der Waals surface area contributed by atoms with E-state index in [9.17, 15) is 9.90 Å². The van der Waals surface area contributed by atoms with Crippen molar-refractivity contribution in [3.8, 4) is 0 Å². The number of rotatable bonds is 2. The molecule has 2 aromatic rings. The van der Waals surface area contributed by atoms with Gasteiger partial charge < -0.3 is 15.2 Å². The number of hydrogen-bond donors (Lipinski definition) is 2. The lowest BCUT2D eigenvalue weighted by atomic mass is 10.0. The SMILES string of the molecule is O=C(N[C@@H]1CCOC[C@H]1O)c1cccc2ccccc12. The minimum Gasteiger partial charge on any atom is -0.389 e. The number of nitrogens with one attached hydrogen (secondary N) is 1. The van der Waals surface area contributed by atoms with E-state index in [1.54, 1.807) is 0 Å². The van der Waals surface area contributed by atoms with Gasteiger partial charge in [-0.1, -0.05) is 36.4 Å². The van der Waals surface area contributed by atoms with E-state index in [4.69, 9.17) is 4.74 Å². The zero-order valence-corrected chi connectivity index (χ0v) is 11.1. The van der Waals surface area contributed by atoms with E-state index in [-0.39, 0.29) is 18.6 Å². The lowest BCUT2D eigenvalue weighted by Gasteiger charge is -2.28. The first-order valence-corrected chi connectivity index (χ1v) is 6.80. The number of fused-ring (bicyclic) bond motifs is 1. The minimum atomic E-state index is -0.636. The summed E-state index contributed by atoms with van der Waals surface area (Å²) >= 11 is 0. The van der Waals surface area contributed by atoms with Gasteiger partial charge in [-0.3, -0.25) is 4.79 Å². The molecule has 1 aliphatic rings. The fourth-order valence-corrected chi connectivity index (χ4v) is 2.56. The third kappa shape index (κ3) is 2.53. The Hall–Kier alpha value is -1.91. The number of amides is 1. The molecule has 1 fully saturated rings. The van der Waals surface area contributed by atoms with Crippen molar-refractivity contribution in [2.45, 2.75) is 18.6 Å². The summed E-state index contributed by atoms with van der Waals surface area (Å²) in [6.07, 6.45) is 0.000169. The van der Waals surface area contributed by atoms with Crippen LogP contribution in [-0.2, 0) is 4.74 Å². The molecular formula is C16H17NO3. The predicted molar refractivity (Wildman–Crippen MR) is 76.6 cm³/mol. The number of aliphatic hydroxyl groups excluding tert-OH is 1. The van der Waals surface area contributed by atoms with Crippen LogP contribution in [0.1, 0.15) is 16.8 Å². The average Bonchev–Trinajstić information content (AvgIpc) is 2.49. The molecule has 104 valence electrons. The monoisotopic (exact) mass is 271 g/mol. The van der Waals surface area contributed by atoms with Gasteiger partial charge >= 0.3 is 0 Å². The summed E-state index contributed by atoms with van der Waals surface area (Å²) in [5.41, 5.74) is 0.641. The van der Waals surface area contributed by atoms with Crippen molar-refractivity contribution < 1.29 is 14.6 Å². The fraction of sp³-hybridized carbons (Fsp3) is 0.312. The summed E-state index contributed by atoms with van der Waals surface area (Å²) in [7, 11) is 0. The highest BCUT2D eigenvalue weighted by Gasteiger charge is 2.25. The Bertz CT molecular complexity index is 621. The van der Waals surface area contributed by atoms with Gasteiger partial charge in [0.15, 0.2) is 0 Å². The minimum absolute atomic E-state index is 0.146. The Kier molecular flexibility index (Phi) is 3.67. The van der Waals surface area contributed by atoms with Crippen molar-refractivity contribution in [1.82, 2.24) is 5.32 Å². The summed E-state index contributed by atoms with van der Waals surface area (Å²) in [6, 6.07) is 13.2. The zero-order valence-electron chi connectivity index (χ0n) is 11.1. The standard InChI is InChI=1S/C16H17NO3/c18-15-10-20-9-8-14(15)17-16(19)13-7-3-5-11-4-1-2-6-12(11)13/h1-7,14-15,18H,8-10H2,(H,17,19)/t14-,15-/m1/s1. The molecule has 0 saturated carbocycles. The molecule has 0 bridgehead atoms. The van der Waals surface area contributed by atoms with Gasteiger partial charge in [-0.25, -0.2) is 0 Å². The van der Waals surface area contributed by atoms with E-state index in [1.165, 1.54) is 0 Å². The van der Waals surface area contributed by atoms with E-state index in [0.29, 0.717) is 18.6 Å². The van der Waals surface area contributed by atoms with E-state index >= 15 is 0 Å². The van der Waals surface area contributed by atoms with E-state index in [0.717, 1.165) is 10.8 Å². The second kappa shape index (κ2) is 5.61. The Morgan fingerprint density at radius 2 is 2.00 bits per heavy atom. The van der Waals surface area contributed by atoms with Crippen LogP contribution in [0.25, 0.3) is 10.8 Å². The molecule has 1 aliphatic heterocycles. The molecule has 1 amide bonds. The van der Waals surface area contributed by atoms with Gasteiger partial charge in [-0.2, -0.15) is 0 Å². The first-order chi connectivity index (χ1) is 9.75. The maximum Gasteiger partial charge on any atom is 0.252 e. The van der Waals surface area contributed by atoms with E-state index in [1.807, 2.05) is 42.5 Å². The van der Waals surface area contributed by atoms with E-state index in [2.05, 4.69) is 5.32 Å². The number of ether oxygens (including phenoxy) is 1. The van der Waals surface area contributed by atoms with Gasteiger partial charge in [0, 0.05) is 12.2 Å². The molecule has 1 heterocycles. The molecule has 4 nitrogen and oxygen atoms in total. The van der Waals surface area contributed by atoms with Crippen molar-refractivity contribution in [3.05, 3.63) is 48.0 Å². The van der Waals surface area contributed by atoms with Gasteiger partial charge in [0.05, 0.1) is 18.8 Å². The third-order valence-corrected chi connectivity index (χ3v) is 3.68. The van der Waals surface area contributed by atoms with Gasteiger partial charge in [-0.15, -0.1) is 0 Å². The second-order valence-corrected chi connectivity index (χ2v) is 5.04. The molecule has 0 spiro atoms. The molecule has 0 radical (unpaired) electrons. The number of carbonyl (C=O) groups is 1. The highest BCUT2D eigenvalue weighted by Crippen LogP contribution is 2.19. The topological polar surface area (TPSA) is 58.6 Å². The van der Waals surface area contributed by atoms with Gasteiger partial charge in [0.25, 0.3) is 5.91 Å². The van der Waals surface area contributed by atoms with Crippen molar-refractivity contribution in [2.75, 3.05) is 13.2 Å². The summed E-state index contributed by atoms with van der Waals surface area (Å²) in [4.78, 5) is 12.4. The van der Waals surface area contributed by atoms with Crippen LogP contribution in [0.5, 0.6) is 0 Å². The van der Waals surface area contributed by atoms with Crippen molar-refractivity contribution in [2.24, 2.45) is 0 Å². The number of benzene rings is 2. The summed E-state index contributed by atoms with van der Waals surface area (Å²) in [5.74, 6) is -0.146. The second-order valence-electron chi connectivity index (χ2n) is 5.04. The summed E-state index contributed by atoms with van der Waals surface area (Å²) < 4.78 is 5.17. The first kappa shape index (κ1) is 13.1. The molecule has 1 saturated heterocycles. The summed E-state index contributed by atoms with van der Waals surface area (Å²) in [5, 5.41) is 14.7. The zero-order chi connectivity index (χ0) is 13.9. The van der Waals surface area contributed by atoms with Crippen LogP contribution in [0.2, 0.25) is 0 Å². The van der Waals surface area contributed by atoms with Crippen molar-refractivity contribution in [1.29, 1.82) is 0 Å². The molecule has 2 aromatic carbocycles. The van der Waals surface area contributed by atoms with Crippen molar-refractivity contribution >= 4 is 16.7 Å². The highest BCUT2D eigenvalue weighted by atomic mass is 16.5. The van der Waals surface area contributed by atoms with Gasteiger partial charge in [0.1, 0.15) is 0 Å². The van der Waals surface area contributed by atoms with Crippen LogP contribution < -0.4 is 5.32 Å². The van der Waals surface area contributed by atoms with Crippen LogP contribution in [0.3, 0.4) is 0 Å². The average molecular weight is 271 g/mol. The lowest BCUT2D eigenvalue weighted by Crippen LogP contribution is -2.48. The Labute approximate surface area is 117 Å². The van der Waals surface area contributed by atoms with Gasteiger partial charge in [-0.05, 0) is 23.3 Å². The Balaban J connectivity index is 1.85. The molecule has 0 aromatic heterocycles. The maximum atomic E-state index is 12.4. The summed E-state index contributed by atoms with van der Waals surface area (Å²) in [6.45, 7) is 0.845. The molecule has 0 unspecified atom stereocenters. The van der Waals surface area contributed by atoms with Gasteiger partial charge in [0.2, 0.25) is 0 Å². The first-order valence-electron chi connectivity index (χ1n) is 6.80. The number of carbonyl (C=O) groups excluding carboxylic acids is 1. The third-order valence-electron chi connectivity index (χ3n) is 3.68. The van der Waals surface area contributed by atoms with Crippen LogP contribution in [-0.4, -0.2) is 36.4 Å². The maximum absolute atomic E-state index is 12.4. The quantitative estimate of drug-likeness (QED) is 0.874. The highest BCUT2D eigenvalue weighted by molar-refractivity contribution is 6.07. The van der Waals surface area contributed by atoms with Crippen LogP contribution in [0, 0.1) is 0 Å². The van der Waals surface area contributed by atoms with Crippen LogP contribution in [0.4, 0.5) is 0 Å². The molecule has 2 N–H and O–H groups in total. The van der Waals surface area contributed by atoms with Crippen LogP contribution in [0.15, 0.2) is 42.5 Å². The Morgan fingerprint density at radius 3 is 2.85 bits per heavy atom. The fourth-order valence-electron chi connectivity index (χ4n) is 2.56. The normalized spacial score (nSPS) is 22.6. The predicted octanol–water partition coefficient (Wildman–Crippen LogP) is 1.72. The molecule has 20 heavy (non-hydrogen) atoms. The Morgan fingerprint density at radius 1 is 1.20 bits per heavy atom. The lowest BCUT2D eigenvalue weighted by molar-refractivity contribution is -0.0260. The number of aliphatic hydroxyl groups is 1.